The molecule has 206 valence electrons. The zero-order valence-electron chi connectivity index (χ0n) is 23.5. The lowest BCUT2D eigenvalue weighted by atomic mass is 9.92. The molecule has 3 aliphatic rings. The lowest BCUT2D eigenvalue weighted by molar-refractivity contribution is 0.260. The van der Waals surface area contributed by atoms with Crippen LogP contribution in [0.25, 0.3) is 34.8 Å². The van der Waals surface area contributed by atoms with Gasteiger partial charge in [0.05, 0.1) is 22.6 Å². The molecule has 0 fully saturated rings. The fourth-order valence-corrected chi connectivity index (χ4v) is 6.97. The van der Waals surface area contributed by atoms with Crippen LogP contribution in [0.1, 0.15) is 17.4 Å². The minimum atomic E-state index is -0.224. The Bertz CT molecular complexity index is 2150. The Kier molecular flexibility index (Phi) is 5.35. The molecule has 0 amide bonds. The first-order valence-electron chi connectivity index (χ1n) is 14.9. The van der Waals surface area contributed by atoms with Crippen LogP contribution in [-0.2, 0) is 0 Å². The van der Waals surface area contributed by atoms with E-state index in [4.69, 9.17) is 4.74 Å². The summed E-state index contributed by atoms with van der Waals surface area (Å²) in [7, 11) is 0. The van der Waals surface area contributed by atoms with Gasteiger partial charge in [0.25, 0.3) is 0 Å². The maximum atomic E-state index is 6.29. The van der Waals surface area contributed by atoms with Crippen LogP contribution in [0, 0.1) is 5.92 Å². The molecule has 1 N–H and O–H groups in total. The number of nitrogens with zero attached hydrogens (tertiary/aromatic N) is 2. The molecule has 3 unspecified atom stereocenters. The second-order valence-corrected chi connectivity index (χ2v) is 11.4. The van der Waals surface area contributed by atoms with E-state index in [2.05, 4.69) is 148 Å². The summed E-state index contributed by atoms with van der Waals surface area (Å²) >= 11 is 0. The standard InChI is InChI=1S/C39H29N3O/c1-2-13-29(14-3-1)41-34-18-7-4-11-26(34)21-22-27-24-37-32(25-36(27)41)31-16-5-8-19-35(31)42(37)30-15-10-12-28(23-30)39-40-33-17-6-9-20-38(33)43-39/h1-25,27,36,39-40H. The second kappa shape index (κ2) is 9.53. The molecule has 0 saturated heterocycles. The second-order valence-electron chi connectivity index (χ2n) is 11.4. The van der Waals surface area contributed by atoms with E-state index >= 15 is 0 Å². The number of rotatable bonds is 3. The summed E-state index contributed by atoms with van der Waals surface area (Å²) in [6.45, 7) is 0. The smallest absolute Gasteiger partial charge is 0.196 e. The number of nitrogens with one attached hydrogen (secondary N) is 1. The number of anilines is 3. The molecular formula is C39H29N3O. The third-order valence-electron chi connectivity index (χ3n) is 8.91. The summed E-state index contributed by atoms with van der Waals surface area (Å²) in [5.41, 5.74) is 8.11. The van der Waals surface area contributed by atoms with Crippen LogP contribution >= 0.6 is 0 Å². The van der Waals surface area contributed by atoms with Crippen molar-refractivity contribution in [3.63, 3.8) is 0 Å². The molecule has 6 aromatic rings. The van der Waals surface area contributed by atoms with Crippen LogP contribution in [0.3, 0.4) is 0 Å². The van der Waals surface area contributed by atoms with Gasteiger partial charge in [0.15, 0.2) is 6.23 Å². The average molecular weight is 556 g/mol. The SMILES string of the molecule is C1=CC2C=c3c(c4ccccc4n3-c3cccc(C4Nc5ccccc5O4)c3)=CC2N(c2ccccc2)c2ccccc21. The van der Waals surface area contributed by atoms with Gasteiger partial charge in [-0.3, -0.25) is 0 Å². The Hall–Kier alpha value is -5.48. The maximum absolute atomic E-state index is 6.29. The van der Waals surface area contributed by atoms with Gasteiger partial charge in [-0.2, -0.15) is 0 Å². The van der Waals surface area contributed by atoms with Gasteiger partial charge in [0, 0.05) is 39.1 Å². The largest absolute Gasteiger partial charge is 0.464 e. The van der Waals surface area contributed by atoms with Crippen molar-refractivity contribution < 1.29 is 4.74 Å². The van der Waals surface area contributed by atoms with Gasteiger partial charge < -0.3 is 19.5 Å². The van der Waals surface area contributed by atoms with Gasteiger partial charge in [-0.1, -0.05) is 103 Å². The Labute approximate surface area is 250 Å². The number of ether oxygens (including phenoxy) is 1. The minimum Gasteiger partial charge on any atom is -0.464 e. The average Bonchev–Trinajstić information content (AvgIpc) is 3.59. The Morgan fingerprint density at radius 2 is 1.47 bits per heavy atom. The van der Waals surface area contributed by atoms with Crippen molar-refractivity contribution in [2.24, 2.45) is 5.92 Å². The molecule has 43 heavy (non-hydrogen) atoms. The van der Waals surface area contributed by atoms with E-state index < -0.39 is 0 Å². The van der Waals surface area contributed by atoms with E-state index in [0.717, 1.165) is 22.7 Å². The molecule has 2 aliphatic heterocycles. The fourth-order valence-electron chi connectivity index (χ4n) is 6.97. The van der Waals surface area contributed by atoms with Crippen molar-refractivity contribution in [1.29, 1.82) is 0 Å². The van der Waals surface area contributed by atoms with Gasteiger partial charge in [0.2, 0.25) is 0 Å². The lowest BCUT2D eigenvalue weighted by Gasteiger charge is -2.35. The predicted molar refractivity (Wildman–Crippen MR) is 176 cm³/mol. The Morgan fingerprint density at radius 1 is 0.674 bits per heavy atom. The summed E-state index contributed by atoms with van der Waals surface area (Å²) in [5.74, 6) is 1.07. The van der Waals surface area contributed by atoms with E-state index in [1.54, 1.807) is 0 Å². The van der Waals surface area contributed by atoms with Crippen LogP contribution in [0.5, 0.6) is 5.75 Å². The number of hydrogen-bond donors (Lipinski definition) is 1. The molecule has 0 bridgehead atoms. The van der Waals surface area contributed by atoms with Crippen LogP contribution < -0.4 is 25.5 Å². The summed E-state index contributed by atoms with van der Waals surface area (Å²) in [6, 6.07) is 45.3. The van der Waals surface area contributed by atoms with Crippen molar-refractivity contribution in [2.45, 2.75) is 12.3 Å². The fraction of sp³-hybridized carbons (Fsp3) is 0.0769. The molecule has 3 heterocycles. The number of aromatic nitrogens is 1. The van der Waals surface area contributed by atoms with Gasteiger partial charge in [0.1, 0.15) is 5.75 Å². The summed E-state index contributed by atoms with van der Waals surface area (Å²) in [5, 5.41) is 7.30. The topological polar surface area (TPSA) is 29.4 Å². The highest BCUT2D eigenvalue weighted by atomic mass is 16.5. The first-order chi connectivity index (χ1) is 21.3. The summed E-state index contributed by atoms with van der Waals surface area (Å²) in [4.78, 5) is 2.51. The molecule has 5 aromatic carbocycles. The highest BCUT2D eigenvalue weighted by Gasteiger charge is 2.31. The van der Waals surface area contributed by atoms with Crippen molar-refractivity contribution in [3.05, 3.63) is 155 Å². The lowest BCUT2D eigenvalue weighted by Crippen LogP contribution is -2.43. The first-order valence-corrected chi connectivity index (χ1v) is 14.9. The molecule has 4 nitrogen and oxygen atoms in total. The Morgan fingerprint density at radius 3 is 2.40 bits per heavy atom. The number of benzene rings is 5. The summed E-state index contributed by atoms with van der Waals surface area (Å²) < 4.78 is 8.70. The van der Waals surface area contributed by atoms with E-state index in [0.29, 0.717) is 0 Å². The van der Waals surface area contributed by atoms with Crippen LogP contribution in [0.15, 0.2) is 133 Å². The summed E-state index contributed by atoms with van der Waals surface area (Å²) in [6.07, 6.45) is 9.39. The van der Waals surface area contributed by atoms with Crippen LogP contribution in [0.4, 0.5) is 17.1 Å². The van der Waals surface area contributed by atoms with Crippen molar-refractivity contribution in [3.8, 4) is 11.4 Å². The van der Waals surface area contributed by atoms with Gasteiger partial charge in [-0.25, -0.2) is 0 Å². The van der Waals surface area contributed by atoms with Crippen molar-refractivity contribution in [2.75, 3.05) is 10.2 Å². The molecule has 0 radical (unpaired) electrons. The third kappa shape index (κ3) is 3.84. The maximum Gasteiger partial charge on any atom is 0.196 e. The molecule has 9 rings (SSSR count). The number of fused-ring (bicyclic) bond motifs is 6. The monoisotopic (exact) mass is 555 g/mol. The molecule has 0 spiro atoms. The normalized spacial score (nSPS) is 19.5. The van der Waals surface area contributed by atoms with E-state index in [1.165, 1.54) is 38.4 Å². The molecule has 1 aliphatic carbocycles. The third-order valence-corrected chi connectivity index (χ3v) is 8.91. The van der Waals surface area contributed by atoms with Gasteiger partial charge in [-0.05, 0) is 54.1 Å². The molecule has 4 heteroatoms. The minimum absolute atomic E-state index is 0.134. The number of hydrogen-bond acceptors (Lipinski definition) is 3. The van der Waals surface area contributed by atoms with Gasteiger partial charge in [-0.15, -0.1) is 0 Å². The van der Waals surface area contributed by atoms with Crippen molar-refractivity contribution in [1.82, 2.24) is 4.57 Å². The quantitative estimate of drug-likeness (QED) is 0.244. The van der Waals surface area contributed by atoms with Crippen LogP contribution in [-0.4, -0.2) is 10.6 Å². The first kappa shape index (κ1) is 24.2. The highest BCUT2D eigenvalue weighted by molar-refractivity contribution is 5.87. The van der Waals surface area contributed by atoms with Crippen molar-refractivity contribution >= 4 is 46.2 Å². The molecule has 0 saturated carbocycles. The Balaban J connectivity index is 1.23. The molecule has 3 atom stereocenters. The van der Waals surface area contributed by atoms with E-state index in [9.17, 15) is 0 Å². The predicted octanol–water partition coefficient (Wildman–Crippen LogP) is 7.56. The zero-order valence-corrected chi connectivity index (χ0v) is 23.5. The van der Waals surface area contributed by atoms with Gasteiger partial charge >= 0.3 is 0 Å². The van der Waals surface area contributed by atoms with E-state index in [1.807, 2.05) is 18.2 Å². The van der Waals surface area contributed by atoms with E-state index in [-0.39, 0.29) is 18.2 Å². The molecule has 1 aromatic heterocycles. The molecular weight excluding hydrogens is 526 g/mol. The highest BCUT2D eigenvalue weighted by Crippen LogP contribution is 2.40. The zero-order chi connectivity index (χ0) is 28.3. The van der Waals surface area contributed by atoms with Crippen LogP contribution in [0.2, 0.25) is 0 Å². The number of para-hydroxylation sites is 5.